The predicted molar refractivity (Wildman–Crippen MR) is 72.7 cm³/mol. The predicted octanol–water partition coefficient (Wildman–Crippen LogP) is 0.848. The summed E-state index contributed by atoms with van der Waals surface area (Å²) in [5.41, 5.74) is -0.616. The lowest BCUT2D eigenvalue weighted by atomic mass is 10.00. The zero-order chi connectivity index (χ0) is 13.0. The third kappa shape index (κ3) is 4.19. The molecule has 2 rings (SSSR count). The summed E-state index contributed by atoms with van der Waals surface area (Å²) in [6.07, 6.45) is 3.17. The highest BCUT2D eigenvalue weighted by atomic mass is 16.5. The van der Waals surface area contributed by atoms with Crippen LogP contribution in [0.5, 0.6) is 0 Å². The summed E-state index contributed by atoms with van der Waals surface area (Å²) < 4.78 is 5.26. The molecule has 0 spiro atoms. The third-order valence-electron chi connectivity index (χ3n) is 4.01. The maximum atomic E-state index is 10.2. The van der Waals surface area contributed by atoms with Crippen molar-refractivity contribution in [3.8, 4) is 0 Å². The smallest absolute Gasteiger partial charge is 0.102 e. The standard InChI is InChI=1S/C14H28N2O2/c1-12(2)9-16-6-3-13(4-7-16)15-10-14(17)5-8-18-11-14/h12-13,15,17H,3-11H2,1-2H3. The molecule has 1 atom stereocenters. The van der Waals surface area contributed by atoms with Crippen LogP contribution in [0.2, 0.25) is 0 Å². The van der Waals surface area contributed by atoms with Crippen molar-refractivity contribution in [3.63, 3.8) is 0 Å². The minimum Gasteiger partial charge on any atom is -0.386 e. The van der Waals surface area contributed by atoms with E-state index in [2.05, 4.69) is 24.1 Å². The molecule has 2 fully saturated rings. The van der Waals surface area contributed by atoms with Gasteiger partial charge in [-0.15, -0.1) is 0 Å². The van der Waals surface area contributed by atoms with Gasteiger partial charge < -0.3 is 20.1 Å². The van der Waals surface area contributed by atoms with E-state index in [9.17, 15) is 5.11 Å². The molecule has 4 heteroatoms. The van der Waals surface area contributed by atoms with Crippen molar-refractivity contribution in [2.45, 2.75) is 44.8 Å². The average Bonchev–Trinajstić information content (AvgIpc) is 2.75. The topological polar surface area (TPSA) is 44.7 Å². The van der Waals surface area contributed by atoms with Crippen molar-refractivity contribution in [2.75, 3.05) is 39.4 Å². The minimum absolute atomic E-state index is 0.492. The molecule has 0 saturated carbocycles. The molecule has 2 saturated heterocycles. The van der Waals surface area contributed by atoms with Gasteiger partial charge in [0.25, 0.3) is 0 Å². The Morgan fingerprint density at radius 1 is 1.39 bits per heavy atom. The Kier molecular flexibility index (Phi) is 5.01. The Labute approximate surface area is 111 Å². The number of ether oxygens (including phenoxy) is 1. The second kappa shape index (κ2) is 6.33. The summed E-state index contributed by atoms with van der Waals surface area (Å²) in [6, 6.07) is 0.568. The van der Waals surface area contributed by atoms with E-state index in [1.807, 2.05) is 0 Å². The lowest BCUT2D eigenvalue weighted by Gasteiger charge is -2.34. The lowest BCUT2D eigenvalue weighted by Crippen LogP contribution is -2.49. The molecule has 2 aliphatic rings. The highest BCUT2D eigenvalue weighted by Crippen LogP contribution is 2.18. The highest BCUT2D eigenvalue weighted by molar-refractivity contribution is 4.87. The van der Waals surface area contributed by atoms with Crippen LogP contribution in [-0.4, -0.2) is 61.0 Å². The van der Waals surface area contributed by atoms with Gasteiger partial charge in [-0.2, -0.15) is 0 Å². The molecule has 0 amide bonds. The van der Waals surface area contributed by atoms with Crippen LogP contribution in [-0.2, 0) is 4.74 Å². The van der Waals surface area contributed by atoms with Gasteiger partial charge in [0.2, 0.25) is 0 Å². The van der Waals surface area contributed by atoms with E-state index in [0.29, 0.717) is 25.8 Å². The Morgan fingerprint density at radius 2 is 2.11 bits per heavy atom. The van der Waals surface area contributed by atoms with E-state index >= 15 is 0 Å². The fraction of sp³-hybridized carbons (Fsp3) is 1.00. The van der Waals surface area contributed by atoms with Gasteiger partial charge in [0.1, 0.15) is 5.60 Å². The van der Waals surface area contributed by atoms with E-state index in [0.717, 1.165) is 12.3 Å². The fourth-order valence-corrected chi connectivity index (χ4v) is 2.91. The van der Waals surface area contributed by atoms with Crippen molar-refractivity contribution < 1.29 is 9.84 Å². The van der Waals surface area contributed by atoms with Crippen molar-refractivity contribution in [1.82, 2.24) is 10.2 Å². The molecule has 0 aromatic rings. The van der Waals surface area contributed by atoms with Gasteiger partial charge in [0.15, 0.2) is 0 Å². The quantitative estimate of drug-likeness (QED) is 0.765. The number of likely N-dealkylation sites (tertiary alicyclic amines) is 1. The second-order valence-corrected chi connectivity index (χ2v) is 6.38. The maximum absolute atomic E-state index is 10.2. The van der Waals surface area contributed by atoms with E-state index in [4.69, 9.17) is 4.74 Å². The maximum Gasteiger partial charge on any atom is 0.102 e. The molecule has 0 aromatic heterocycles. The first-order valence-corrected chi connectivity index (χ1v) is 7.33. The average molecular weight is 256 g/mol. The summed E-state index contributed by atoms with van der Waals surface area (Å²) >= 11 is 0. The molecule has 1 unspecified atom stereocenters. The van der Waals surface area contributed by atoms with Crippen LogP contribution in [0.15, 0.2) is 0 Å². The highest BCUT2D eigenvalue weighted by Gasteiger charge is 2.33. The largest absolute Gasteiger partial charge is 0.386 e. The van der Waals surface area contributed by atoms with Crippen molar-refractivity contribution in [3.05, 3.63) is 0 Å². The van der Waals surface area contributed by atoms with Crippen LogP contribution in [0.25, 0.3) is 0 Å². The van der Waals surface area contributed by atoms with E-state index in [-0.39, 0.29) is 0 Å². The summed E-state index contributed by atoms with van der Waals surface area (Å²) in [5, 5.41) is 13.7. The first-order chi connectivity index (χ1) is 8.57. The molecular formula is C14H28N2O2. The number of aliphatic hydroxyl groups is 1. The van der Waals surface area contributed by atoms with Gasteiger partial charge in [0, 0.05) is 32.2 Å². The van der Waals surface area contributed by atoms with Crippen molar-refractivity contribution >= 4 is 0 Å². The molecule has 0 aromatic carbocycles. The summed E-state index contributed by atoms with van der Waals surface area (Å²) in [7, 11) is 0. The number of piperidine rings is 1. The van der Waals surface area contributed by atoms with Crippen LogP contribution in [0.3, 0.4) is 0 Å². The Balaban J connectivity index is 1.64. The van der Waals surface area contributed by atoms with E-state index in [1.54, 1.807) is 0 Å². The summed E-state index contributed by atoms with van der Waals surface area (Å²) in [5.74, 6) is 0.755. The van der Waals surface area contributed by atoms with Crippen LogP contribution in [0, 0.1) is 5.92 Å². The van der Waals surface area contributed by atoms with Gasteiger partial charge in [-0.25, -0.2) is 0 Å². The first-order valence-electron chi connectivity index (χ1n) is 7.33. The minimum atomic E-state index is -0.616. The van der Waals surface area contributed by atoms with Crippen molar-refractivity contribution in [2.24, 2.45) is 5.92 Å². The SMILES string of the molecule is CC(C)CN1CCC(NCC2(O)CCOC2)CC1. The Morgan fingerprint density at radius 3 is 2.67 bits per heavy atom. The summed E-state index contributed by atoms with van der Waals surface area (Å²) in [4.78, 5) is 2.55. The molecule has 2 aliphatic heterocycles. The number of rotatable bonds is 5. The molecule has 0 aliphatic carbocycles. The molecule has 0 radical (unpaired) electrons. The third-order valence-corrected chi connectivity index (χ3v) is 4.01. The van der Waals surface area contributed by atoms with E-state index in [1.165, 1.54) is 32.5 Å². The number of nitrogens with zero attached hydrogens (tertiary/aromatic N) is 1. The van der Waals surface area contributed by atoms with Crippen LogP contribution in [0.4, 0.5) is 0 Å². The zero-order valence-corrected chi connectivity index (χ0v) is 11.8. The van der Waals surface area contributed by atoms with Crippen molar-refractivity contribution in [1.29, 1.82) is 0 Å². The van der Waals surface area contributed by atoms with Crippen LogP contribution in [0.1, 0.15) is 33.1 Å². The zero-order valence-electron chi connectivity index (χ0n) is 11.8. The van der Waals surface area contributed by atoms with Crippen LogP contribution >= 0.6 is 0 Å². The fourth-order valence-electron chi connectivity index (χ4n) is 2.91. The molecule has 18 heavy (non-hydrogen) atoms. The molecule has 106 valence electrons. The van der Waals surface area contributed by atoms with Gasteiger partial charge in [-0.3, -0.25) is 0 Å². The Bertz CT molecular complexity index is 244. The molecule has 4 nitrogen and oxygen atoms in total. The molecular weight excluding hydrogens is 228 g/mol. The van der Waals surface area contributed by atoms with Gasteiger partial charge in [-0.05, 0) is 31.8 Å². The lowest BCUT2D eigenvalue weighted by molar-refractivity contribution is 0.0225. The monoisotopic (exact) mass is 256 g/mol. The Hall–Kier alpha value is -0.160. The normalized spacial score (nSPS) is 31.3. The van der Waals surface area contributed by atoms with Gasteiger partial charge in [0.05, 0.1) is 6.61 Å². The number of nitrogens with one attached hydrogen (secondary N) is 1. The molecule has 0 bridgehead atoms. The second-order valence-electron chi connectivity index (χ2n) is 6.38. The van der Waals surface area contributed by atoms with E-state index < -0.39 is 5.60 Å². The first kappa shape index (κ1) is 14.3. The number of hydrogen-bond acceptors (Lipinski definition) is 4. The molecule has 2 N–H and O–H groups in total. The summed E-state index contributed by atoms with van der Waals surface area (Å²) in [6.45, 7) is 10.0. The van der Waals surface area contributed by atoms with Crippen LogP contribution < -0.4 is 5.32 Å². The molecule has 2 heterocycles. The van der Waals surface area contributed by atoms with Gasteiger partial charge >= 0.3 is 0 Å². The van der Waals surface area contributed by atoms with Gasteiger partial charge in [-0.1, -0.05) is 13.8 Å². The number of hydrogen-bond donors (Lipinski definition) is 2.